The van der Waals surface area contributed by atoms with Crippen molar-refractivity contribution in [2.24, 2.45) is 11.7 Å². The van der Waals surface area contributed by atoms with Crippen LogP contribution in [0, 0.1) is 5.92 Å². The molecule has 0 aromatic rings. The molecule has 0 bridgehead atoms. The fourth-order valence-electron chi connectivity index (χ4n) is 1.60. The summed E-state index contributed by atoms with van der Waals surface area (Å²) in [4.78, 5) is 2.36. The minimum absolute atomic E-state index is 0.323. The van der Waals surface area contributed by atoms with Gasteiger partial charge in [-0.15, -0.1) is 0 Å². The van der Waals surface area contributed by atoms with E-state index in [9.17, 15) is 0 Å². The van der Waals surface area contributed by atoms with Crippen molar-refractivity contribution >= 4 is 11.8 Å². The van der Waals surface area contributed by atoms with Crippen molar-refractivity contribution in [2.45, 2.75) is 39.3 Å². The summed E-state index contributed by atoms with van der Waals surface area (Å²) in [5, 5.41) is 0. The average Bonchev–Trinajstić information content (AvgIpc) is 2.02. The zero-order chi connectivity index (χ0) is 11.1. The minimum atomic E-state index is 0.323. The number of nitrogens with two attached hydrogens (primary N) is 1. The smallest absolute Gasteiger partial charge is 0.0170 e. The molecule has 0 aliphatic rings. The van der Waals surface area contributed by atoms with Crippen LogP contribution in [0.1, 0.15) is 27.2 Å². The molecular formula is C11H26N2S. The third-order valence-electron chi connectivity index (χ3n) is 2.46. The Morgan fingerprint density at radius 2 is 1.86 bits per heavy atom. The Morgan fingerprint density at radius 3 is 2.29 bits per heavy atom. The lowest BCUT2D eigenvalue weighted by molar-refractivity contribution is 0.249. The molecule has 0 aliphatic heterocycles. The molecule has 0 radical (unpaired) electrons. The van der Waals surface area contributed by atoms with Crippen molar-refractivity contribution < 1.29 is 0 Å². The maximum absolute atomic E-state index is 6.06. The zero-order valence-corrected chi connectivity index (χ0v) is 11.1. The van der Waals surface area contributed by atoms with Crippen LogP contribution in [-0.4, -0.2) is 42.6 Å². The lowest BCUT2D eigenvalue weighted by atomic mass is 10.0. The van der Waals surface area contributed by atoms with E-state index < -0.39 is 0 Å². The second kappa shape index (κ2) is 7.55. The molecular weight excluding hydrogens is 192 g/mol. The van der Waals surface area contributed by atoms with Gasteiger partial charge in [-0.2, -0.15) is 11.8 Å². The van der Waals surface area contributed by atoms with E-state index in [1.165, 1.54) is 5.75 Å². The maximum Gasteiger partial charge on any atom is 0.0170 e. The molecule has 0 rings (SSSR count). The highest BCUT2D eigenvalue weighted by atomic mass is 32.2. The average molecular weight is 218 g/mol. The van der Waals surface area contributed by atoms with Gasteiger partial charge >= 0.3 is 0 Å². The van der Waals surface area contributed by atoms with Crippen LogP contribution >= 0.6 is 11.8 Å². The summed E-state index contributed by atoms with van der Waals surface area (Å²) in [6.45, 7) is 7.73. The van der Waals surface area contributed by atoms with Crippen molar-refractivity contribution in [3.63, 3.8) is 0 Å². The van der Waals surface area contributed by atoms with Gasteiger partial charge in [-0.05, 0) is 32.6 Å². The first-order valence-electron chi connectivity index (χ1n) is 5.42. The Morgan fingerprint density at radius 1 is 1.29 bits per heavy atom. The lowest BCUT2D eigenvalue weighted by Gasteiger charge is -2.27. The van der Waals surface area contributed by atoms with Crippen molar-refractivity contribution in [3.05, 3.63) is 0 Å². The van der Waals surface area contributed by atoms with Crippen LogP contribution in [0.4, 0.5) is 0 Å². The van der Waals surface area contributed by atoms with E-state index in [1.54, 1.807) is 0 Å². The highest BCUT2D eigenvalue weighted by molar-refractivity contribution is 7.98. The van der Waals surface area contributed by atoms with E-state index >= 15 is 0 Å². The number of rotatable bonds is 7. The number of likely N-dealkylation sites (N-methyl/N-ethyl adjacent to an activating group) is 1. The van der Waals surface area contributed by atoms with Crippen LogP contribution < -0.4 is 5.73 Å². The molecule has 0 aromatic heterocycles. The Bertz CT molecular complexity index is 139. The quantitative estimate of drug-likeness (QED) is 0.709. The Balaban J connectivity index is 3.74. The van der Waals surface area contributed by atoms with Gasteiger partial charge in [0, 0.05) is 24.4 Å². The van der Waals surface area contributed by atoms with Crippen molar-refractivity contribution in [2.75, 3.05) is 25.6 Å². The summed E-state index contributed by atoms with van der Waals surface area (Å²) >= 11 is 1.90. The van der Waals surface area contributed by atoms with Crippen LogP contribution in [0.2, 0.25) is 0 Å². The predicted octanol–water partition coefficient (Wildman–Crippen LogP) is 2.04. The molecule has 0 fully saturated rings. The SMILES string of the molecule is CSCC(C)N(C)CC(N)CC(C)C. The molecule has 0 saturated heterocycles. The molecule has 0 aliphatic carbocycles. The Kier molecular flexibility index (Phi) is 7.69. The third kappa shape index (κ3) is 6.68. The molecule has 2 N–H and O–H groups in total. The molecule has 0 amide bonds. The molecule has 2 unspecified atom stereocenters. The van der Waals surface area contributed by atoms with E-state index in [4.69, 9.17) is 5.73 Å². The first-order valence-corrected chi connectivity index (χ1v) is 6.81. The fourth-order valence-corrected chi connectivity index (χ4v) is 2.34. The molecule has 14 heavy (non-hydrogen) atoms. The highest BCUT2D eigenvalue weighted by Crippen LogP contribution is 2.07. The molecule has 86 valence electrons. The van der Waals surface area contributed by atoms with Crippen molar-refractivity contribution in [1.82, 2.24) is 4.90 Å². The summed E-state index contributed by atoms with van der Waals surface area (Å²) < 4.78 is 0. The van der Waals surface area contributed by atoms with E-state index in [0.717, 1.165) is 13.0 Å². The number of hydrogen-bond donors (Lipinski definition) is 1. The summed E-state index contributed by atoms with van der Waals surface area (Å²) in [6, 6.07) is 0.951. The van der Waals surface area contributed by atoms with Gasteiger partial charge < -0.3 is 10.6 Å². The minimum Gasteiger partial charge on any atom is -0.327 e. The van der Waals surface area contributed by atoms with E-state index in [0.29, 0.717) is 18.0 Å². The third-order valence-corrected chi connectivity index (χ3v) is 3.27. The second-order valence-electron chi connectivity index (χ2n) is 4.63. The molecule has 2 nitrogen and oxygen atoms in total. The molecule has 0 saturated carbocycles. The van der Waals surface area contributed by atoms with Gasteiger partial charge in [0.25, 0.3) is 0 Å². The largest absolute Gasteiger partial charge is 0.327 e. The molecule has 2 atom stereocenters. The van der Waals surface area contributed by atoms with Crippen LogP contribution in [0.15, 0.2) is 0 Å². The normalized spacial score (nSPS) is 16.3. The van der Waals surface area contributed by atoms with Gasteiger partial charge in [0.05, 0.1) is 0 Å². The standard InChI is InChI=1S/C11H26N2S/c1-9(2)6-11(12)7-13(4)10(3)8-14-5/h9-11H,6-8,12H2,1-5H3. The fraction of sp³-hybridized carbons (Fsp3) is 1.00. The van der Waals surface area contributed by atoms with Gasteiger partial charge in [0.1, 0.15) is 0 Å². The van der Waals surface area contributed by atoms with Gasteiger partial charge in [0.15, 0.2) is 0 Å². The second-order valence-corrected chi connectivity index (χ2v) is 5.54. The number of hydrogen-bond acceptors (Lipinski definition) is 3. The lowest BCUT2D eigenvalue weighted by Crippen LogP contribution is -2.41. The van der Waals surface area contributed by atoms with Gasteiger partial charge in [-0.1, -0.05) is 13.8 Å². The van der Waals surface area contributed by atoms with E-state index in [-0.39, 0.29) is 0 Å². The molecule has 0 spiro atoms. The summed E-state index contributed by atoms with van der Waals surface area (Å²) in [5.74, 6) is 1.89. The number of thioether (sulfide) groups is 1. The first-order chi connectivity index (χ1) is 6.47. The van der Waals surface area contributed by atoms with Crippen LogP contribution in [-0.2, 0) is 0 Å². The van der Waals surface area contributed by atoms with Gasteiger partial charge in [-0.3, -0.25) is 0 Å². The van der Waals surface area contributed by atoms with E-state index in [1.807, 2.05) is 11.8 Å². The maximum atomic E-state index is 6.06. The first kappa shape index (κ1) is 14.3. The Hall–Kier alpha value is 0.270. The van der Waals surface area contributed by atoms with Crippen LogP contribution in [0.5, 0.6) is 0 Å². The monoisotopic (exact) mass is 218 g/mol. The van der Waals surface area contributed by atoms with Crippen molar-refractivity contribution in [3.8, 4) is 0 Å². The Labute approximate surface area is 93.6 Å². The van der Waals surface area contributed by atoms with Crippen LogP contribution in [0.25, 0.3) is 0 Å². The highest BCUT2D eigenvalue weighted by Gasteiger charge is 2.13. The molecule has 0 heterocycles. The summed E-state index contributed by atoms with van der Waals surface area (Å²) in [5.41, 5.74) is 6.06. The zero-order valence-electron chi connectivity index (χ0n) is 10.3. The van der Waals surface area contributed by atoms with Gasteiger partial charge in [0.2, 0.25) is 0 Å². The topological polar surface area (TPSA) is 29.3 Å². The number of nitrogens with zero attached hydrogens (tertiary/aromatic N) is 1. The van der Waals surface area contributed by atoms with Crippen LogP contribution in [0.3, 0.4) is 0 Å². The predicted molar refractivity (Wildman–Crippen MR) is 67.9 cm³/mol. The molecule has 3 heteroatoms. The van der Waals surface area contributed by atoms with Gasteiger partial charge in [-0.25, -0.2) is 0 Å². The summed E-state index contributed by atoms with van der Waals surface area (Å²) in [7, 11) is 2.17. The summed E-state index contributed by atoms with van der Waals surface area (Å²) in [6.07, 6.45) is 3.27. The van der Waals surface area contributed by atoms with E-state index in [2.05, 4.69) is 39.0 Å². The molecule has 0 aromatic carbocycles. The van der Waals surface area contributed by atoms with Crippen molar-refractivity contribution in [1.29, 1.82) is 0 Å².